The second kappa shape index (κ2) is 9.93. The highest BCUT2D eigenvalue weighted by Gasteiger charge is 2.14. The van der Waals surface area contributed by atoms with Gasteiger partial charge in [0, 0.05) is 18.7 Å². The summed E-state index contributed by atoms with van der Waals surface area (Å²) < 4.78 is 10.6. The van der Waals surface area contributed by atoms with E-state index in [2.05, 4.69) is 29.0 Å². The van der Waals surface area contributed by atoms with Crippen LogP contribution in [0.15, 0.2) is 47.3 Å². The van der Waals surface area contributed by atoms with Crippen molar-refractivity contribution in [2.45, 2.75) is 26.8 Å². The third kappa shape index (κ3) is 5.12. The molecule has 0 aliphatic rings. The van der Waals surface area contributed by atoms with Gasteiger partial charge in [-0.3, -0.25) is 9.59 Å². The smallest absolute Gasteiger partial charge is 0.258 e. The monoisotopic (exact) mass is 421 g/mol. The van der Waals surface area contributed by atoms with Crippen LogP contribution in [0.1, 0.15) is 30.8 Å². The summed E-state index contributed by atoms with van der Waals surface area (Å²) in [6, 6.07) is 11.3. The third-order valence-electron chi connectivity index (χ3n) is 5.10. The van der Waals surface area contributed by atoms with Gasteiger partial charge in [-0.25, -0.2) is 4.98 Å². The molecule has 0 saturated carbocycles. The number of likely N-dealkylation sites (N-methyl/N-ethyl adjacent to an activating group) is 1. The van der Waals surface area contributed by atoms with Gasteiger partial charge in [-0.05, 0) is 36.6 Å². The van der Waals surface area contributed by atoms with E-state index in [1.807, 2.05) is 19.1 Å². The fourth-order valence-corrected chi connectivity index (χ4v) is 3.25. The molecule has 1 N–H and O–H groups in total. The number of fused-ring (bicyclic) bond motifs is 1. The Hall–Kier alpha value is -3.61. The first-order chi connectivity index (χ1) is 15.0. The van der Waals surface area contributed by atoms with Gasteiger partial charge in [-0.2, -0.15) is 0 Å². The van der Waals surface area contributed by atoms with E-state index in [1.165, 1.54) is 25.9 Å². The molecule has 162 valence electrons. The Balaban J connectivity index is 1.82. The molecule has 0 radical (unpaired) electrons. The van der Waals surface area contributed by atoms with Gasteiger partial charge in [0.05, 0.1) is 31.7 Å². The first-order valence-corrected chi connectivity index (χ1v) is 10.2. The number of amides is 1. The van der Waals surface area contributed by atoms with E-state index in [0.29, 0.717) is 34.8 Å². The van der Waals surface area contributed by atoms with Gasteiger partial charge in [-0.15, -0.1) is 0 Å². The van der Waals surface area contributed by atoms with Gasteiger partial charge in [0.15, 0.2) is 11.5 Å². The van der Waals surface area contributed by atoms with Crippen LogP contribution < -0.4 is 15.0 Å². The molecule has 3 rings (SSSR count). The van der Waals surface area contributed by atoms with Crippen LogP contribution in [0, 0.1) is 0 Å². The van der Waals surface area contributed by atoms with Crippen LogP contribution in [-0.4, -0.2) is 41.5 Å². The second-order valence-corrected chi connectivity index (χ2v) is 7.02. The Kier molecular flexibility index (Phi) is 7.07. The molecule has 3 aromatic rings. The normalized spacial score (nSPS) is 11.1. The molecule has 1 heterocycles. The van der Waals surface area contributed by atoms with Gasteiger partial charge < -0.3 is 19.4 Å². The maximum absolute atomic E-state index is 12.7. The number of nitrogens with zero attached hydrogens (tertiary/aromatic N) is 2. The summed E-state index contributed by atoms with van der Waals surface area (Å²) in [6.07, 6.45) is 4.30. The molecule has 7 nitrogen and oxygen atoms in total. The van der Waals surface area contributed by atoms with E-state index in [1.54, 1.807) is 23.1 Å². The van der Waals surface area contributed by atoms with Crippen molar-refractivity contribution in [1.29, 1.82) is 0 Å². The summed E-state index contributed by atoms with van der Waals surface area (Å²) in [5.41, 5.74) is 2.39. The van der Waals surface area contributed by atoms with Gasteiger partial charge in [0.25, 0.3) is 5.56 Å². The summed E-state index contributed by atoms with van der Waals surface area (Å²) in [5, 5.41) is 0.395. The highest BCUT2D eigenvalue weighted by atomic mass is 16.5. The number of rotatable bonds is 8. The average molecular weight is 421 g/mol. The minimum absolute atomic E-state index is 0.155. The lowest BCUT2D eigenvalue weighted by Crippen LogP contribution is -2.30. The number of nitrogens with one attached hydrogen (secondary N) is 1. The average Bonchev–Trinajstić information content (AvgIpc) is 2.80. The van der Waals surface area contributed by atoms with Gasteiger partial charge in [0.2, 0.25) is 5.91 Å². The van der Waals surface area contributed by atoms with Crippen molar-refractivity contribution in [3.63, 3.8) is 0 Å². The van der Waals surface area contributed by atoms with Crippen LogP contribution in [0.4, 0.5) is 0 Å². The molecular formula is C24H27N3O4. The minimum atomic E-state index is -0.295. The Morgan fingerprint density at radius 3 is 2.39 bits per heavy atom. The van der Waals surface area contributed by atoms with E-state index in [-0.39, 0.29) is 18.0 Å². The number of ether oxygens (including phenoxy) is 2. The molecule has 7 heteroatoms. The van der Waals surface area contributed by atoms with Crippen molar-refractivity contribution < 1.29 is 14.3 Å². The predicted octanol–water partition coefficient (Wildman–Crippen LogP) is 3.56. The molecule has 1 amide bonds. The first-order valence-electron chi connectivity index (χ1n) is 10.2. The van der Waals surface area contributed by atoms with Crippen LogP contribution in [0.5, 0.6) is 11.5 Å². The third-order valence-corrected chi connectivity index (χ3v) is 5.10. The number of carbonyl (C=O) groups excluding carboxylic acids is 1. The number of carbonyl (C=O) groups is 1. The Labute approximate surface area is 181 Å². The Morgan fingerprint density at radius 1 is 1.10 bits per heavy atom. The molecule has 0 saturated heterocycles. The molecule has 0 aliphatic heterocycles. The van der Waals surface area contributed by atoms with E-state index in [9.17, 15) is 9.59 Å². The number of benzene rings is 2. The van der Waals surface area contributed by atoms with Gasteiger partial charge in [0.1, 0.15) is 5.82 Å². The SMILES string of the molecule is CCc1ccc(/C=C/C(=O)N(CC)Cc2nc3cc(OC)c(OC)cc3c(=O)[nH]2)cc1. The molecule has 0 bridgehead atoms. The molecule has 2 aromatic carbocycles. The van der Waals surface area contributed by atoms with Crippen LogP contribution in [-0.2, 0) is 17.8 Å². The number of hydrogen-bond acceptors (Lipinski definition) is 5. The van der Waals surface area contributed by atoms with E-state index >= 15 is 0 Å². The number of aromatic nitrogens is 2. The van der Waals surface area contributed by atoms with Crippen LogP contribution in [0.25, 0.3) is 17.0 Å². The van der Waals surface area contributed by atoms with Crippen molar-refractivity contribution in [2.24, 2.45) is 0 Å². The second-order valence-electron chi connectivity index (χ2n) is 7.02. The van der Waals surface area contributed by atoms with E-state index in [4.69, 9.17) is 9.47 Å². The minimum Gasteiger partial charge on any atom is -0.493 e. The highest BCUT2D eigenvalue weighted by molar-refractivity contribution is 5.91. The molecule has 0 unspecified atom stereocenters. The standard InChI is InChI=1S/C24H27N3O4/c1-5-16-7-9-17(10-8-16)11-12-23(28)27(6-2)15-22-25-19-14-21(31-4)20(30-3)13-18(19)24(29)26-22/h7-14H,5-6,15H2,1-4H3,(H,25,26,29)/b12-11+. The Bertz CT molecular complexity index is 1150. The first kappa shape index (κ1) is 22.1. The van der Waals surface area contributed by atoms with Gasteiger partial charge in [-0.1, -0.05) is 31.2 Å². The number of aryl methyl sites for hydroxylation is 1. The lowest BCUT2D eigenvalue weighted by molar-refractivity contribution is -0.126. The van der Waals surface area contributed by atoms with Crippen LogP contribution in [0.2, 0.25) is 0 Å². The Morgan fingerprint density at radius 2 is 1.77 bits per heavy atom. The molecule has 0 spiro atoms. The quantitative estimate of drug-likeness (QED) is 0.562. The summed E-state index contributed by atoms with van der Waals surface area (Å²) in [4.78, 5) is 34.1. The summed E-state index contributed by atoms with van der Waals surface area (Å²) in [7, 11) is 3.04. The number of H-pyrrole nitrogens is 1. The van der Waals surface area contributed by atoms with Crippen molar-refractivity contribution in [2.75, 3.05) is 20.8 Å². The fraction of sp³-hybridized carbons (Fsp3) is 0.292. The van der Waals surface area contributed by atoms with Crippen LogP contribution >= 0.6 is 0 Å². The number of aromatic amines is 1. The molecule has 0 fully saturated rings. The predicted molar refractivity (Wildman–Crippen MR) is 121 cm³/mol. The largest absolute Gasteiger partial charge is 0.493 e. The number of hydrogen-bond donors (Lipinski definition) is 1. The van der Waals surface area contributed by atoms with E-state index in [0.717, 1.165) is 12.0 Å². The maximum atomic E-state index is 12.7. The van der Waals surface area contributed by atoms with Crippen molar-refractivity contribution in [3.8, 4) is 11.5 Å². The molecular weight excluding hydrogens is 394 g/mol. The maximum Gasteiger partial charge on any atom is 0.258 e. The topological polar surface area (TPSA) is 84.5 Å². The van der Waals surface area contributed by atoms with Crippen molar-refractivity contribution >= 4 is 22.9 Å². The lowest BCUT2D eigenvalue weighted by atomic mass is 10.1. The zero-order chi connectivity index (χ0) is 22.4. The summed E-state index contributed by atoms with van der Waals surface area (Å²) in [6.45, 7) is 4.65. The molecule has 31 heavy (non-hydrogen) atoms. The van der Waals surface area contributed by atoms with Crippen LogP contribution in [0.3, 0.4) is 0 Å². The van der Waals surface area contributed by atoms with Gasteiger partial charge >= 0.3 is 0 Å². The summed E-state index contributed by atoms with van der Waals surface area (Å²) in [5.74, 6) is 1.19. The highest BCUT2D eigenvalue weighted by Crippen LogP contribution is 2.29. The lowest BCUT2D eigenvalue weighted by Gasteiger charge is -2.18. The van der Waals surface area contributed by atoms with Crippen molar-refractivity contribution in [1.82, 2.24) is 14.9 Å². The zero-order valence-corrected chi connectivity index (χ0v) is 18.3. The van der Waals surface area contributed by atoms with Crippen molar-refractivity contribution in [3.05, 3.63) is 69.8 Å². The molecule has 1 aromatic heterocycles. The number of methoxy groups -OCH3 is 2. The van der Waals surface area contributed by atoms with E-state index < -0.39 is 0 Å². The fourth-order valence-electron chi connectivity index (χ4n) is 3.25. The molecule has 0 aliphatic carbocycles. The molecule has 0 atom stereocenters. The summed E-state index contributed by atoms with van der Waals surface area (Å²) >= 11 is 0. The zero-order valence-electron chi connectivity index (χ0n) is 18.3.